The molecule has 2 atom stereocenters. The molecule has 2 aliphatic rings. The summed E-state index contributed by atoms with van der Waals surface area (Å²) in [7, 11) is 0. The van der Waals surface area contributed by atoms with E-state index in [2.05, 4.69) is 24.1 Å². The number of rotatable bonds is 3. The minimum Gasteiger partial charge on any atom is -0.325 e. The highest BCUT2D eigenvalue weighted by Crippen LogP contribution is 2.25. The number of para-hydroxylation sites is 1. The van der Waals surface area contributed by atoms with Gasteiger partial charge in [-0.3, -0.25) is 0 Å². The Kier molecular flexibility index (Phi) is 6.00. The largest absolute Gasteiger partial charge is 0.325 e. The predicted molar refractivity (Wildman–Crippen MR) is 104 cm³/mol. The van der Waals surface area contributed by atoms with E-state index in [-0.39, 0.29) is 6.03 Å². The van der Waals surface area contributed by atoms with Crippen LogP contribution in [0, 0.1) is 24.7 Å². The van der Waals surface area contributed by atoms with Crippen molar-refractivity contribution >= 4 is 11.7 Å². The average Bonchev–Trinajstić information content (AvgIpc) is 2.56. The number of carbonyl (C=O) groups is 1. The maximum atomic E-state index is 12.5. The van der Waals surface area contributed by atoms with Gasteiger partial charge >= 0.3 is 6.03 Å². The van der Waals surface area contributed by atoms with Gasteiger partial charge in [-0.25, -0.2) is 4.79 Å². The summed E-state index contributed by atoms with van der Waals surface area (Å²) in [6.45, 7) is 12.2. The molecule has 2 amide bonds. The van der Waals surface area contributed by atoms with Crippen LogP contribution in [-0.4, -0.2) is 48.6 Å². The number of anilines is 1. The fraction of sp³-hybridized carbons (Fsp3) is 0.667. The van der Waals surface area contributed by atoms with E-state index in [0.717, 1.165) is 54.9 Å². The number of urea groups is 1. The van der Waals surface area contributed by atoms with E-state index >= 15 is 0 Å². The summed E-state index contributed by atoms with van der Waals surface area (Å²) in [5, 5.41) is 3.06. The Labute approximate surface area is 152 Å². The van der Waals surface area contributed by atoms with E-state index in [1.165, 1.54) is 26.1 Å². The molecule has 0 bridgehead atoms. The van der Waals surface area contributed by atoms with Crippen molar-refractivity contribution in [1.82, 2.24) is 9.80 Å². The van der Waals surface area contributed by atoms with E-state index in [9.17, 15) is 4.79 Å². The molecular weight excluding hydrogens is 310 g/mol. The van der Waals surface area contributed by atoms with Gasteiger partial charge in [-0.05, 0) is 55.6 Å². The number of hydrogen-bond acceptors (Lipinski definition) is 2. The van der Waals surface area contributed by atoms with Gasteiger partial charge in [0.2, 0.25) is 0 Å². The molecule has 2 fully saturated rings. The topological polar surface area (TPSA) is 35.6 Å². The van der Waals surface area contributed by atoms with Crippen LogP contribution in [-0.2, 0) is 0 Å². The van der Waals surface area contributed by atoms with Crippen LogP contribution in [0.3, 0.4) is 0 Å². The summed E-state index contributed by atoms with van der Waals surface area (Å²) >= 11 is 0. The minimum absolute atomic E-state index is 0.0490. The summed E-state index contributed by atoms with van der Waals surface area (Å²) in [6, 6.07) is 8.02. The number of amides is 2. The van der Waals surface area contributed by atoms with Crippen LogP contribution in [0.4, 0.5) is 10.5 Å². The van der Waals surface area contributed by atoms with E-state index in [1.807, 2.05) is 36.1 Å². The first-order valence-corrected chi connectivity index (χ1v) is 9.85. The molecule has 1 aromatic carbocycles. The van der Waals surface area contributed by atoms with E-state index in [1.54, 1.807) is 0 Å². The number of likely N-dealkylation sites (tertiary alicyclic amines) is 2. The number of aryl methyl sites for hydroxylation is 1. The third-order valence-electron chi connectivity index (χ3n) is 5.75. The smallest absolute Gasteiger partial charge is 0.321 e. The van der Waals surface area contributed by atoms with Crippen molar-refractivity contribution in [2.24, 2.45) is 17.8 Å². The molecule has 1 aromatic rings. The normalized spacial score (nSPS) is 25.8. The predicted octanol–water partition coefficient (Wildman–Crippen LogP) is 4.22. The number of hydrogen-bond donors (Lipinski definition) is 1. The molecule has 0 spiro atoms. The Morgan fingerprint density at radius 2 is 1.76 bits per heavy atom. The first kappa shape index (κ1) is 18.2. The number of nitrogens with one attached hydrogen (secondary N) is 1. The van der Waals surface area contributed by atoms with Crippen LogP contribution >= 0.6 is 0 Å². The van der Waals surface area contributed by atoms with E-state index < -0.39 is 0 Å². The van der Waals surface area contributed by atoms with Gasteiger partial charge in [-0.2, -0.15) is 0 Å². The quantitative estimate of drug-likeness (QED) is 0.892. The molecule has 0 radical (unpaired) electrons. The summed E-state index contributed by atoms with van der Waals surface area (Å²) < 4.78 is 0. The Morgan fingerprint density at radius 1 is 1.12 bits per heavy atom. The molecule has 138 valence electrons. The van der Waals surface area contributed by atoms with Crippen LogP contribution in [0.1, 0.15) is 38.7 Å². The molecule has 2 aliphatic heterocycles. The zero-order valence-electron chi connectivity index (χ0n) is 16.0. The summed E-state index contributed by atoms with van der Waals surface area (Å²) in [5.41, 5.74) is 2.03. The van der Waals surface area contributed by atoms with Crippen LogP contribution in [0.15, 0.2) is 24.3 Å². The lowest BCUT2D eigenvalue weighted by Crippen LogP contribution is -2.46. The van der Waals surface area contributed by atoms with Crippen molar-refractivity contribution in [2.45, 2.75) is 40.0 Å². The van der Waals surface area contributed by atoms with Gasteiger partial charge in [0.15, 0.2) is 0 Å². The monoisotopic (exact) mass is 343 g/mol. The van der Waals surface area contributed by atoms with Gasteiger partial charge in [-0.1, -0.05) is 32.0 Å². The lowest BCUT2D eigenvalue weighted by molar-refractivity contribution is 0.101. The van der Waals surface area contributed by atoms with Crippen molar-refractivity contribution in [3.63, 3.8) is 0 Å². The van der Waals surface area contributed by atoms with Crippen LogP contribution in [0.5, 0.6) is 0 Å². The van der Waals surface area contributed by atoms with E-state index in [0.29, 0.717) is 0 Å². The highest BCUT2D eigenvalue weighted by molar-refractivity contribution is 5.90. The third kappa shape index (κ3) is 4.97. The maximum Gasteiger partial charge on any atom is 0.321 e. The molecule has 25 heavy (non-hydrogen) atoms. The highest BCUT2D eigenvalue weighted by Gasteiger charge is 2.27. The fourth-order valence-electron chi connectivity index (χ4n) is 4.53. The molecule has 4 nitrogen and oxygen atoms in total. The van der Waals surface area contributed by atoms with Crippen molar-refractivity contribution in [3.8, 4) is 0 Å². The zero-order chi connectivity index (χ0) is 17.8. The van der Waals surface area contributed by atoms with Gasteiger partial charge in [0.25, 0.3) is 0 Å². The Morgan fingerprint density at radius 3 is 2.40 bits per heavy atom. The van der Waals surface area contributed by atoms with Crippen molar-refractivity contribution in [1.29, 1.82) is 0 Å². The fourth-order valence-corrected chi connectivity index (χ4v) is 4.53. The van der Waals surface area contributed by atoms with Gasteiger partial charge in [-0.15, -0.1) is 0 Å². The second-order valence-electron chi connectivity index (χ2n) is 8.34. The maximum absolute atomic E-state index is 12.5. The van der Waals surface area contributed by atoms with Crippen molar-refractivity contribution < 1.29 is 4.79 Å². The molecule has 4 heteroatoms. The summed E-state index contributed by atoms with van der Waals surface area (Å²) in [6.07, 6.45) is 3.62. The number of piperidine rings is 2. The SMILES string of the molecule is Cc1ccccc1NC(=O)N1CCC(CN2C[C@H](C)C[C@H](C)C2)CC1. The van der Waals surface area contributed by atoms with Crippen molar-refractivity contribution in [3.05, 3.63) is 29.8 Å². The molecule has 2 heterocycles. The van der Waals surface area contributed by atoms with Crippen LogP contribution < -0.4 is 5.32 Å². The van der Waals surface area contributed by atoms with E-state index in [4.69, 9.17) is 0 Å². The molecular formula is C21H33N3O. The minimum atomic E-state index is 0.0490. The lowest BCUT2D eigenvalue weighted by Gasteiger charge is -2.39. The Bertz CT molecular complexity index is 570. The zero-order valence-corrected chi connectivity index (χ0v) is 16.0. The third-order valence-corrected chi connectivity index (χ3v) is 5.75. The Hall–Kier alpha value is -1.55. The van der Waals surface area contributed by atoms with Gasteiger partial charge < -0.3 is 15.1 Å². The molecule has 0 aliphatic carbocycles. The first-order valence-electron chi connectivity index (χ1n) is 9.85. The molecule has 3 rings (SSSR count). The summed E-state index contributed by atoms with van der Waals surface area (Å²) in [5.74, 6) is 2.38. The molecule has 2 saturated heterocycles. The van der Waals surface area contributed by atoms with Crippen molar-refractivity contribution in [2.75, 3.05) is 38.0 Å². The first-order chi connectivity index (χ1) is 12.0. The average molecular weight is 344 g/mol. The standard InChI is InChI=1S/C21H33N3O/c1-16-12-17(2)14-23(13-16)15-19-8-10-24(11-9-19)21(25)22-20-7-5-4-6-18(20)3/h4-7,16-17,19H,8-15H2,1-3H3,(H,22,25)/t16-,17+. The molecule has 0 saturated carbocycles. The number of carbonyl (C=O) groups excluding carboxylic acids is 1. The number of nitrogens with zero attached hydrogens (tertiary/aromatic N) is 2. The molecule has 1 N–H and O–H groups in total. The lowest BCUT2D eigenvalue weighted by atomic mass is 9.89. The van der Waals surface area contributed by atoms with Crippen LogP contribution in [0.2, 0.25) is 0 Å². The van der Waals surface area contributed by atoms with Gasteiger partial charge in [0.05, 0.1) is 0 Å². The second kappa shape index (κ2) is 8.22. The highest BCUT2D eigenvalue weighted by atomic mass is 16.2. The van der Waals surface area contributed by atoms with Gasteiger partial charge in [0.1, 0.15) is 0 Å². The molecule has 0 aromatic heterocycles. The Balaban J connectivity index is 1.45. The molecule has 0 unspecified atom stereocenters. The second-order valence-corrected chi connectivity index (χ2v) is 8.34. The van der Waals surface area contributed by atoms with Crippen LogP contribution in [0.25, 0.3) is 0 Å². The van der Waals surface area contributed by atoms with Gasteiger partial charge in [0, 0.05) is 38.4 Å². The summed E-state index contributed by atoms with van der Waals surface area (Å²) in [4.78, 5) is 17.1. The number of benzene rings is 1.